The second-order valence-electron chi connectivity index (χ2n) is 4.02. The van der Waals surface area contributed by atoms with Crippen molar-refractivity contribution in [2.45, 2.75) is 38.4 Å². The molecule has 0 spiro atoms. The number of halogens is 3. The molecule has 1 N–H and O–H groups in total. The molecule has 1 fully saturated rings. The zero-order valence-corrected chi connectivity index (χ0v) is 9.11. The summed E-state index contributed by atoms with van der Waals surface area (Å²) < 4.78 is 36.6. The Kier molecular flexibility index (Phi) is 4.86. The molecule has 15 heavy (non-hydrogen) atoms. The van der Waals surface area contributed by atoms with E-state index in [1.165, 1.54) is 0 Å². The van der Waals surface area contributed by atoms with Gasteiger partial charge in [0.05, 0.1) is 6.54 Å². The van der Waals surface area contributed by atoms with Crippen LogP contribution in [-0.4, -0.2) is 43.3 Å². The van der Waals surface area contributed by atoms with Gasteiger partial charge in [-0.3, -0.25) is 4.90 Å². The average Bonchev–Trinajstić information content (AvgIpc) is 2.91. The molecule has 0 unspecified atom stereocenters. The third-order valence-electron chi connectivity index (χ3n) is 2.49. The van der Waals surface area contributed by atoms with Gasteiger partial charge >= 0.3 is 6.18 Å². The van der Waals surface area contributed by atoms with Crippen LogP contribution in [-0.2, 0) is 0 Å². The van der Waals surface area contributed by atoms with Crippen molar-refractivity contribution in [2.24, 2.45) is 0 Å². The van der Waals surface area contributed by atoms with Gasteiger partial charge in [0.25, 0.3) is 0 Å². The van der Waals surface area contributed by atoms with Crippen LogP contribution in [0.5, 0.6) is 0 Å². The predicted octanol–water partition coefficient (Wildman–Crippen LogP) is 2.01. The van der Waals surface area contributed by atoms with E-state index in [1.54, 1.807) is 4.90 Å². The molecule has 0 aromatic carbocycles. The molecule has 1 rings (SSSR count). The third kappa shape index (κ3) is 5.99. The van der Waals surface area contributed by atoms with E-state index < -0.39 is 12.7 Å². The van der Waals surface area contributed by atoms with Crippen LogP contribution in [0.3, 0.4) is 0 Å². The van der Waals surface area contributed by atoms with Gasteiger partial charge in [-0.1, -0.05) is 6.92 Å². The molecule has 0 saturated heterocycles. The maximum Gasteiger partial charge on any atom is 0.401 e. The molecule has 1 saturated carbocycles. The second kappa shape index (κ2) is 5.70. The largest absolute Gasteiger partial charge is 0.401 e. The average molecular weight is 224 g/mol. The first-order valence-electron chi connectivity index (χ1n) is 5.54. The van der Waals surface area contributed by atoms with E-state index in [2.05, 4.69) is 5.32 Å². The molecule has 0 radical (unpaired) electrons. The minimum Gasteiger partial charge on any atom is -0.317 e. The van der Waals surface area contributed by atoms with Gasteiger partial charge in [-0.25, -0.2) is 0 Å². The summed E-state index contributed by atoms with van der Waals surface area (Å²) in [5.74, 6) is 0. The van der Waals surface area contributed by atoms with Crippen molar-refractivity contribution in [3.63, 3.8) is 0 Å². The highest BCUT2D eigenvalue weighted by Gasteiger charge is 2.37. The van der Waals surface area contributed by atoms with E-state index in [4.69, 9.17) is 0 Å². The number of nitrogens with zero attached hydrogens (tertiary/aromatic N) is 1. The molecule has 0 aromatic heterocycles. The van der Waals surface area contributed by atoms with Crippen LogP contribution in [0.1, 0.15) is 26.2 Å². The van der Waals surface area contributed by atoms with Crippen molar-refractivity contribution in [1.82, 2.24) is 10.2 Å². The standard InChI is InChI=1S/C10H19F3N2/c1-2-14-6-3-7-15(9-4-5-9)8-10(11,12)13/h9,14H,2-8H2,1H3. The number of rotatable bonds is 7. The van der Waals surface area contributed by atoms with Crippen LogP contribution >= 0.6 is 0 Å². The lowest BCUT2D eigenvalue weighted by molar-refractivity contribution is -0.147. The van der Waals surface area contributed by atoms with Crippen molar-refractivity contribution in [1.29, 1.82) is 0 Å². The van der Waals surface area contributed by atoms with Crippen LogP contribution in [0.25, 0.3) is 0 Å². The van der Waals surface area contributed by atoms with Crippen molar-refractivity contribution in [3.05, 3.63) is 0 Å². The molecule has 0 aliphatic heterocycles. The van der Waals surface area contributed by atoms with Gasteiger partial charge in [0, 0.05) is 6.04 Å². The third-order valence-corrected chi connectivity index (χ3v) is 2.49. The summed E-state index contributed by atoms with van der Waals surface area (Å²) in [6.07, 6.45) is -1.41. The number of hydrogen-bond donors (Lipinski definition) is 1. The maximum atomic E-state index is 12.2. The second-order valence-corrected chi connectivity index (χ2v) is 4.02. The van der Waals surface area contributed by atoms with E-state index >= 15 is 0 Å². The number of hydrogen-bond acceptors (Lipinski definition) is 2. The lowest BCUT2D eigenvalue weighted by Gasteiger charge is -2.23. The first-order chi connectivity index (χ1) is 7.03. The van der Waals surface area contributed by atoms with Gasteiger partial charge in [0.15, 0.2) is 0 Å². The predicted molar refractivity (Wildman–Crippen MR) is 53.8 cm³/mol. The molecule has 0 bridgehead atoms. The highest BCUT2D eigenvalue weighted by molar-refractivity contribution is 4.85. The Morgan fingerprint density at radius 1 is 1.33 bits per heavy atom. The fraction of sp³-hybridized carbons (Fsp3) is 1.00. The smallest absolute Gasteiger partial charge is 0.317 e. The summed E-state index contributed by atoms with van der Waals surface area (Å²) in [5, 5.41) is 3.12. The van der Waals surface area contributed by atoms with Gasteiger partial charge in [-0.05, 0) is 38.9 Å². The summed E-state index contributed by atoms with van der Waals surface area (Å²) in [6.45, 7) is 3.48. The van der Waals surface area contributed by atoms with Crippen LogP contribution in [0, 0.1) is 0 Å². The first-order valence-corrected chi connectivity index (χ1v) is 5.54. The summed E-state index contributed by atoms with van der Waals surface area (Å²) in [4.78, 5) is 1.57. The number of alkyl halides is 3. The summed E-state index contributed by atoms with van der Waals surface area (Å²) in [7, 11) is 0. The molecule has 2 nitrogen and oxygen atoms in total. The molecule has 0 atom stereocenters. The molecule has 0 heterocycles. The van der Waals surface area contributed by atoms with Crippen LogP contribution in [0.15, 0.2) is 0 Å². The Hall–Kier alpha value is -0.290. The van der Waals surface area contributed by atoms with Crippen LogP contribution in [0.2, 0.25) is 0 Å². The highest BCUT2D eigenvalue weighted by atomic mass is 19.4. The first kappa shape index (κ1) is 12.8. The van der Waals surface area contributed by atoms with Gasteiger partial charge in [-0.2, -0.15) is 13.2 Å². The van der Waals surface area contributed by atoms with Crippen molar-refractivity contribution >= 4 is 0 Å². The monoisotopic (exact) mass is 224 g/mol. The fourth-order valence-corrected chi connectivity index (χ4v) is 1.64. The lowest BCUT2D eigenvalue weighted by atomic mass is 10.3. The molecule has 5 heteroatoms. The Morgan fingerprint density at radius 3 is 2.47 bits per heavy atom. The fourth-order valence-electron chi connectivity index (χ4n) is 1.64. The topological polar surface area (TPSA) is 15.3 Å². The van der Waals surface area contributed by atoms with Crippen LogP contribution in [0.4, 0.5) is 13.2 Å². The number of nitrogens with one attached hydrogen (secondary N) is 1. The Balaban J connectivity index is 2.19. The van der Waals surface area contributed by atoms with Crippen LogP contribution < -0.4 is 5.32 Å². The van der Waals surface area contributed by atoms with Gasteiger partial charge < -0.3 is 5.32 Å². The van der Waals surface area contributed by atoms with E-state index in [1.807, 2.05) is 6.92 Å². The lowest BCUT2D eigenvalue weighted by Crippen LogP contribution is -2.37. The van der Waals surface area contributed by atoms with Crippen molar-refractivity contribution < 1.29 is 13.2 Å². The van der Waals surface area contributed by atoms with E-state index in [0.29, 0.717) is 6.54 Å². The Labute approximate surface area is 88.8 Å². The molecule has 0 amide bonds. The SMILES string of the molecule is CCNCCCN(CC(F)(F)F)C1CC1. The quantitative estimate of drug-likeness (QED) is 0.665. The molecular weight excluding hydrogens is 205 g/mol. The van der Waals surface area contributed by atoms with E-state index in [0.717, 1.165) is 32.4 Å². The molecule has 0 aromatic rings. The van der Waals surface area contributed by atoms with Gasteiger partial charge in [-0.15, -0.1) is 0 Å². The highest BCUT2D eigenvalue weighted by Crippen LogP contribution is 2.29. The molecule has 1 aliphatic rings. The minimum atomic E-state index is -4.05. The van der Waals surface area contributed by atoms with E-state index in [9.17, 15) is 13.2 Å². The zero-order valence-electron chi connectivity index (χ0n) is 9.11. The minimum absolute atomic E-state index is 0.188. The molecule has 90 valence electrons. The Morgan fingerprint density at radius 2 is 2.00 bits per heavy atom. The summed E-state index contributed by atoms with van der Waals surface area (Å²) >= 11 is 0. The van der Waals surface area contributed by atoms with Crippen molar-refractivity contribution in [2.75, 3.05) is 26.2 Å². The van der Waals surface area contributed by atoms with E-state index in [-0.39, 0.29) is 6.04 Å². The molecular formula is C10H19F3N2. The Bertz CT molecular complexity index is 178. The normalized spacial score (nSPS) is 17.4. The molecule has 1 aliphatic carbocycles. The van der Waals surface area contributed by atoms with Gasteiger partial charge in [0.1, 0.15) is 0 Å². The summed E-state index contributed by atoms with van der Waals surface area (Å²) in [6, 6.07) is 0.188. The zero-order chi connectivity index (χ0) is 11.3. The van der Waals surface area contributed by atoms with Crippen molar-refractivity contribution in [3.8, 4) is 0 Å². The maximum absolute atomic E-state index is 12.2. The summed E-state index contributed by atoms with van der Waals surface area (Å²) in [5.41, 5.74) is 0. The van der Waals surface area contributed by atoms with Gasteiger partial charge in [0.2, 0.25) is 0 Å².